The molecule has 5 aromatic rings. The largest absolute Gasteiger partial charge is 0.417 e. The Labute approximate surface area is 242 Å². The van der Waals surface area contributed by atoms with Crippen LogP contribution in [0, 0.1) is 0 Å². The van der Waals surface area contributed by atoms with E-state index >= 15 is 0 Å². The number of aliphatic imine (C=N–C) groups is 1. The first-order chi connectivity index (χ1) is 20.8. The molecule has 0 saturated heterocycles. The highest BCUT2D eigenvalue weighted by molar-refractivity contribution is 6.19. The summed E-state index contributed by atoms with van der Waals surface area (Å²) >= 11 is 0. The van der Waals surface area contributed by atoms with E-state index in [4.69, 9.17) is 4.42 Å². The minimum absolute atomic E-state index is 0.00233. The number of benzene rings is 2. The predicted molar refractivity (Wildman–Crippen MR) is 150 cm³/mol. The van der Waals surface area contributed by atoms with Crippen molar-refractivity contribution in [2.24, 2.45) is 4.99 Å². The number of alkyl halides is 3. The number of para-hydroxylation sites is 1. The number of benzodiazepines with no additional fused rings is 1. The zero-order valence-electron chi connectivity index (χ0n) is 22.2. The minimum atomic E-state index is -4.63. The van der Waals surface area contributed by atoms with E-state index < -0.39 is 23.8 Å². The van der Waals surface area contributed by atoms with Gasteiger partial charge in [0.25, 0.3) is 11.8 Å². The fraction of sp³-hybridized carbons (Fsp3) is 0.167. The van der Waals surface area contributed by atoms with Crippen LogP contribution in [0.1, 0.15) is 41.3 Å². The van der Waals surface area contributed by atoms with Crippen molar-refractivity contribution in [2.75, 3.05) is 10.6 Å². The van der Waals surface area contributed by atoms with Gasteiger partial charge < -0.3 is 15.1 Å². The Balaban J connectivity index is 1.23. The summed E-state index contributed by atoms with van der Waals surface area (Å²) in [5.41, 5.74) is 2.09. The number of fused-ring (bicyclic) bond motifs is 1. The molecular weight excluding hydrogens is 561 g/mol. The lowest BCUT2D eigenvalue weighted by atomic mass is 10.0. The number of pyridine rings is 1. The molecule has 10 nitrogen and oxygen atoms in total. The van der Waals surface area contributed by atoms with Gasteiger partial charge in [-0.3, -0.25) is 4.79 Å². The molecule has 2 aliphatic rings. The van der Waals surface area contributed by atoms with Gasteiger partial charge in [-0.1, -0.05) is 53.6 Å². The number of carbonyl (C=O) groups excluding carboxylic acids is 1. The maximum Gasteiger partial charge on any atom is 0.417 e. The summed E-state index contributed by atoms with van der Waals surface area (Å²) in [7, 11) is 0. The van der Waals surface area contributed by atoms with E-state index in [2.05, 4.69) is 40.8 Å². The van der Waals surface area contributed by atoms with Crippen LogP contribution in [0.5, 0.6) is 0 Å². The maximum atomic E-state index is 13.6. The normalized spacial score (nSPS) is 16.6. The fourth-order valence-corrected chi connectivity index (χ4v) is 4.71. The molecule has 1 atom stereocenters. The number of hydrogen-bond donors (Lipinski definition) is 2. The van der Waals surface area contributed by atoms with Crippen molar-refractivity contribution in [3.8, 4) is 22.7 Å². The Bertz CT molecular complexity index is 1850. The number of nitrogens with one attached hydrogen (secondary N) is 2. The van der Waals surface area contributed by atoms with Gasteiger partial charge in [0.15, 0.2) is 0 Å². The minimum Gasteiger partial charge on any atom is -0.402 e. The fourth-order valence-electron chi connectivity index (χ4n) is 4.71. The third kappa shape index (κ3) is 5.32. The van der Waals surface area contributed by atoms with Gasteiger partial charge in [-0.05, 0) is 25.0 Å². The average Bonchev–Trinajstić information content (AvgIpc) is 3.79. The van der Waals surface area contributed by atoms with E-state index in [0.29, 0.717) is 29.0 Å². The highest BCUT2D eigenvalue weighted by Crippen LogP contribution is 2.39. The number of hydrogen-bond acceptors (Lipinski definition) is 9. The molecule has 2 aromatic carbocycles. The number of rotatable bonds is 6. The Kier molecular flexibility index (Phi) is 6.41. The van der Waals surface area contributed by atoms with Crippen molar-refractivity contribution < 1.29 is 22.4 Å². The van der Waals surface area contributed by atoms with Crippen LogP contribution in [-0.2, 0) is 11.0 Å². The topological polar surface area (TPSA) is 131 Å². The Morgan fingerprint density at radius 1 is 0.860 bits per heavy atom. The molecule has 4 heterocycles. The molecule has 7 rings (SSSR count). The molecule has 1 aliphatic carbocycles. The van der Waals surface area contributed by atoms with Crippen LogP contribution in [-0.4, -0.2) is 42.9 Å². The Morgan fingerprint density at radius 2 is 1.60 bits per heavy atom. The van der Waals surface area contributed by atoms with Crippen LogP contribution in [0.25, 0.3) is 22.7 Å². The maximum absolute atomic E-state index is 13.6. The van der Waals surface area contributed by atoms with Crippen molar-refractivity contribution in [3.05, 3.63) is 102 Å². The van der Waals surface area contributed by atoms with E-state index in [9.17, 15) is 18.0 Å². The van der Waals surface area contributed by atoms with E-state index in [0.717, 1.165) is 30.0 Å². The van der Waals surface area contributed by atoms with Crippen LogP contribution in [0.15, 0.2) is 88.7 Å². The van der Waals surface area contributed by atoms with Gasteiger partial charge in [0, 0.05) is 46.8 Å². The molecule has 214 valence electrons. The van der Waals surface area contributed by atoms with Crippen LogP contribution in [0.4, 0.5) is 24.9 Å². The van der Waals surface area contributed by atoms with Crippen molar-refractivity contribution in [3.63, 3.8) is 0 Å². The number of amides is 1. The van der Waals surface area contributed by atoms with E-state index in [1.807, 2.05) is 42.5 Å². The Morgan fingerprint density at radius 3 is 2.35 bits per heavy atom. The second-order valence-corrected chi connectivity index (χ2v) is 10.1. The predicted octanol–water partition coefficient (Wildman–Crippen LogP) is 5.71. The number of nitrogens with zero attached hydrogens (tertiary/aromatic N) is 6. The first-order valence-electron chi connectivity index (χ1n) is 13.4. The summed E-state index contributed by atoms with van der Waals surface area (Å²) in [6, 6.07) is 17.4. The Hall–Kier alpha value is -5.46. The van der Waals surface area contributed by atoms with Crippen molar-refractivity contribution in [1.29, 1.82) is 0 Å². The van der Waals surface area contributed by atoms with Crippen molar-refractivity contribution in [1.82, 2.24) is 25.1 Å². The molecule has 1 amide bonds. The van der Waals surface area contributed by atoms with Gasteiger partial charge in [0.1, 0.15) is 11.5 Å². The standard InChI is InChI=1S/C30H21F3N8O2/c31-30(32,33)19-12-21(18-13-35-25(36-14-18)17-10-11-17)24(34-15-19)28-40-41-29(43-28)39-26-27(42)37-22-9-5-4-8-20(22)23(38-26)16-6-2-1-3-7-16/h1-9,12-15,17,26H,10-11H2,(H,37,42)(H,39,41)/t26-/m1/s1. The summed E-state index contributed by atoms with van der Waals surface area (Å²) in [6.07, 6.45) is -0.212. The van der Waals surface area contributed by atoms with Gasteiger partial charge in [0.05, 0.1) is 17.0 Å². The summed E-state index contributed by atoms with van der Waals surface area (Å²) in [5, 5.41) is 13.7. The second-order valence-electron chi connectivity index (χ2n) is 10.1. The second kappa shape index (κ2) is 10.4. The van der Waals surface area contributed by atoms with Crippen LogP contribution >= 0.6 is 0 Å². The average molecular weight is 583 g/mol. The highest BCUT2D eigenvalue weighted by atomic mass is 19.4. The molecule has 43 heavy (non-hydrogen) atoms. The molecule has 2 N–H and O–H groups in total. The zero-order valence-corrected chi connectivity index (χ0v) is 22.2. The summed E-state index contributed by atoms with van der Waals surface area (Å²) < 4.78 is 46.6. The first-order valence-corrected chi connectivity index (χ1v) is 13.4. The molecule has 1 saturated carbocycles. The van der Waals surface area contributed by atoms with Gasteiger partial charge in [-0.2, -0.15) is 13.2 Å². The molecule has 0 bridgehead atoms. The molecule has 0 spiro atoms. The zero-order chi connectivity index (χ0) is 29.6. The van der Waals surface area contributed by atoms with Gasteiger partial charge in [-0.25, -0.2) is 19.9 Å². The molecule has 0 radical (unpaired) electrons. The SMILES string of the molecule is O=C1Nc2ccccc2C(c2ccccc2)=N[C@@H]1Nc1nnc(-c2ncc(C(F)(F)F)cc2-c2cnc(C3CC3)nc2)o1. The molecule has 1 fully saturated rings. The number of anilines is 2. The molecular formula is C30H21F3N8O2. The molecule has 13 heteroatoms. The third-order valence-electron chi connectivity index (χ3n) is 7.02. The lowest BCUT2D eigenvalue weighted by molar-refractivity contribution is -0.137. The van der Waals surface area contributed by atoms with Crippen LogP contribution in [0.2, 0.25) is 0 Å². The van der Waals surface area contributed by atoms with Crippen LogP contribution < -0.4 is 10.6 Å². The van der Waals surface area contributed by atoms with E-state index in [1.54, 1.807) is 12.1 Å². The van der Waals surface area contributed by atoms with Crippen molar-refractivity contribution >= 4 is 23.3 Å². The highest BCUT2D eigenvalue weighted by Gasteiger charge is 2.33. The quantitative estimate of drug-likeness (QED) is 0.260. The number of halogens is 3. The van der Waals surface area contributed by atoms with E-state index in [-0.39, 0.29) is 29.1 Å². The van der Waals surface area contributed by atoms with E-state index in [1.165, 1.54) is 12.4 Å². The van der Waals surface area contributed by atoms with Crippen LogP contribution in [0.3, 0.4) is 0 Å². The number of carbonyl (C=O) groups is 1. The first kappa shape index (κ1) is 26.4. The molecule has 0 unspecified atom stereocenters. The van der Waals surface area contributed by atoms with Gasteiger partial charge in [0.2, 0.25) is 6.17 Å². The summed E-state index contributed by atoms with van der Waals surface area (Å²) in [6.45, 7) is 0. The lowest BCUT2D eigenvalue weighted by Crippen LogP contribution is -2.32. The number of aromatic nitrogens is 5. The molecule has 3 aromatic heterocycles. The third-order valence-corrected chi connectivity index (χ3v) is 7.02. The summed E-state index contributed by atoms with van der Waals surface area (Å²) in [5.74, 6) is 0.284. The smallest absolute Gasteiger partial charge is 0.402 e. The lowest BCUT2D eigenvalue weighted by Gasteiger charge is -2.12. The monoisotopic (exact) mass is 582 g/mol. The van der Waals surface area contributed by atoms with Gasteiger partial charge >= 0.3 is 12.2 Å². The summed E-state index contributed by atoms with van der Waals surface area (Å²) in [4.78, 5) is 30.6. The molecule has 1 aliphatic heterocycles. The van der Waals surface area contributed by atoms with Crippen molar-refractivity contribution in [2.45, 2.75) is 31.1 Å². The van der Waals surface area contributed by atoms with Gasteiger partial charge in [-0.15, -0.1) is 5.10 Å².